The van der Waals surface area contributed by atoms with Gasteiger partial charge in [-0.25, -0.2) is 0 Å². The van der Waals surface area contributed by atoms with Gasteiger partial charge in [-0.3, -0.25) is 4.79 Å². The monoisotopic (exact) mass is 283 g/mol. The first-order valence-electron chi connectivity index (χ1n) is 7.79. The third-order valence-electron chi connectivity index (χ3n) is 5.27. The van der Waals surface area contributed by atoms with Gasteiger partial charge in [0.15, 0.2) is 0 Å². The number of para-hydroxylation sites is 1. The molecule has 2 saturated heterocycles. The predicted octanol–water partition coefficient (Wildman–Crippen LogP) is 1.78. The molecule has 2 N–H and O–H groups in total. The molecule has 0 bridgehead atoms. The van der Waals surface area contributed by atoms with Crippen LogP contribution in [0.5, 0.6) is 0 Å². The molecule has 2 fully saturated rings. The topological polar surface area (TPSA) is 48.1 Å². The van der Waals surface area contributed by atoms with E-state index >= 15 is 0 Å². The number of hydrogen-bond donors (Lipinski definition) is 2. The quantitative estimate of drug-likeness (QED) is 0.882. The van der Waals surface area contributed by atoms with Crippen molar-refractivity contribution in [3.8, 4) is 0 Å². The van der Waals surface area contributed by atoms with Crippen molar-refractivity contribution in [1.82, 2.24) is 15.2 Å². The molecular formula is C17H21N3O. The Hall–Kier alpha value is -1.81. The van der Waals surface area contributed by atoms with E-state index < -0.39 is 0 Å². The largest absolute Gasteiger partial charge is 0.361 e. The van der Waals surface area contributed by atoms with Crippen LogP contribution in [0.3, 0.4) is 0 Å². The molecule has 3 unspecified atom stereocenters. The molecule has 2 aromatic rings. The second kappa shape index (κ2) is 4.88. The standard InChI is InChI=1S/C17H21N3O/c1-11-15-9-18-7-13(15)10-20(11)17(21)6-12-8-19-16-5-3-2-4-14(12)16/h2-5,8,11,13,15,18-19H,6-7,9-10H2,1H3. The molecule has 1 amide bonds. The molecule has 1 aromatic heterocycles. The summed E-state index contributed by atoms with van der Waals surface area (Å²) in [7, 11) is 0. The summed E-state index contributed by atoms with van der Waals surface area (Å²) in [6, 6.07) is 8.54. The molecule has 3 heterocycles. The molecule has 0 spiro atoms. The second-order valence-electron chi connectivity index (χ2n) is 6.41. The van der Waals surface area contributed by atoms with Crippen LogP contribution < -0.4 is 5.32 Å². The lowest BCUT2D eigenvalue weighted by molar-refractivity contribution is -0.131. The lowest BCUT2D eigenvalue weighted by Crippen LogP contribution is -2.38. The molecule has 1 aromatic carbocycles. The molecule has 0 saturated carbocycles. The van der Waals surface area contributed by atoms with E-state index in [4.69, 9.17) is 0 Å². The fraction of sp³-hybridized carbons (Fsp3) is 0.471. The van der Waals surface area contributed by atoms with E-state index in [1.54, 1.807) is 0 Å². The molecule has 2 aliphatic heterocycles. The molecule has 21 heavy (non-hydrogen) atoms. The van der Waals surface area contributed by atoms with Crippen LogP contribution in [-0.2, 0) is 11.2 Å². The predicted molar refractivity (Wildman–Crippen MR) is 83.0 cm³/mol. The number of rotatable bonds is 2. The van der Waals surface area contributed by atoms with Gasteiger partial charge >= 0.3 is 0 Å². The maximum Gasteiger partial charge on any atom is 0.227 e. The zero-order valence-corrected chi connectivity index (χ0v) is 12.3. The Morgan fingerprint density at radius 2 is 2.19 bits per heavy atom. The SMILES string of the molecule is CC1C2CNCC2CN1C(=O)Cc1c[nH]c2ccccc12. The zero-order valence-electron chi connectivity index (χ0n) is 12.3. The van der Waals surface area contributed by atoms with Gasteiger partial charge in [0.05, 0.1) is 6.42 Å². The minimum Gasteiger partial charge on any atom is -0.361 e. The van der Waals surface area contributed by atoms with Gasteiger partial charge in [0, 0.05) is 42.8 Å². The molecule has 0 aliphatic carbocycles. The van der Waals surface area contributed by atoms with Crippen LogP contribution in [-0.4, -0.2) is 41.5 Å². The zero-order chi connectivity index (χ0) is 14.4. The van der Waals surface area contributed by atoms with E-state index in [1.165, 1.54) is 5.39 Å². The second-order valence-corrected chi connectivity index (χ2v) is 6.41. The van der Waals surface area contributed by atoms with Gasteiger partial charge < -0.3 is 15.2 Å². The molecule has 110 valence electrons. The van der Waals surface area contributed by atoms with Gasteiger partial charge in [-0.1, -0.05) is 18.2 Å². The average Bonchev–Trinajstić information content (AvgIpc) is 3.17. The highest BCUT2D eigenvalue weighted by Crippen LogP contribution is 2.33. The van der Waals surface area contributed by atoms with E-state index in [9.17, 15) is 4.79 Å². The van der Waals surface area contributed by atoms with Crippen molar-refractivity contribution < 1.29 is 4.79 Å². The van der Waals surface area contributed by atoms with E-state index in [2.05, 4.69) is 34.3 Å². The number of H-pyrrole nitrogens is 1. The van der Waals surface area contributed by atoms with Crippen LogP contribution in [0, 0.1) is 11.8 Å². The normalized spacial score (nSPS) is 28.2. The molecule has 4 rings (SSSR count). The summed E-state index contributed by atoms with van der Waals surface area (Å²) in [4.78, 5) is 18.0. The number of likely N-dealkylation sites (tertiary alicyclic amines) is 1. The Morgan fingerprint density at radius 3 is 3.05 bits per heavy atom. The smallest absolute Gasteiger partial charge is 0.227 e. The van der Waals surface area contributed by atoms with Gasteiger partial charge in [0.25, 0.3) is 0 Å². The number of carbonyl (C=O) groups is 1. The van der Waals surface area contributed by atoms with Crippen molar-refractivity contribution in [2.75, 3.05) is 19.6 Å². The van der Waals surface area contributed by atoms with Crippen molar-refractivity contribution >= 4 is 16.8 Å². The van der Waals surface area contributed by atoms with E-state index in [0.29, 0.717) is 24.3 Å². The molecule has 4 nitrogen and oxygen atoms in total. The Balaban J connectivity index is 1.53. The number of nitrogens with one attached hydrogen (secondary N) is 2. The van der Waals surface area contributed by atoms with Crippen molar-refractivity contribution in [2.45, 2.75) is 19.4 Å². The summed E-state index contributed by atoms with van der Waals surface area (Å²) in [5.74, 6) is 1.55. The summed E-state index contributed by atoms with van der Waals surface area (Å²) in [5, 5.41) is 4.61. The highest BCUT2D eigenvalue weighted by Gasteiger charge is 2.43. The lowest BCUT2D eigenvalue weighted by atomic mass is 9.95. The maximum atomic E-state index is 12.7. The summed E-state index contributed by atoms with van der Waals surface area (Å²) < 4.78 is 0. The minimum atomic E-state index is 0.265. The number of nitrogens with zero attached hydrogens (tertiary/aromatic N) is 1. The minimum absolute atomic E-state index is 0.265. The summed E-state index contributed by atoms with van der Waals surface area (Å²) in [5.41, 5.74) is 2.22. The van der Waals surface area contributed by atoms with Crippen LogP contribution >= 0.6 is 0 Å². The number of aromatic nitrogens is 1. The lowest BCUT2D eigenvalue weighted by Gasteiger charge is -2.24. The molecule has 3 atom stereocenters. The maximum absolute atomic E-state index is 12.7. The number of amides is 1. The van der Waals surface area contributed by atoms with Crippen LogP contribution in [0.1, 0.15) is 12.5 Å². The van der Waals surface area contributed by atoms with Gasteiger partial charge in [0.1, 0.15) is 0 Å². The molecule has 4 heteroatoms. The van der Waals surface area contributed by atoms with Crippen LogP contribution in [0.25, 0.3) is 10.9 Å². The highest BCUT2D eigenvalue weighted by molar-refractivity contribution is 5.89. The summed E-state index contributed by atoms with van der Waals surface area (Å²) in [6.07, 6.45) is 2.48. The fourth-order valence-corrected chi connectivity index (χ4v) is 4.04. The third kappa shape index (κ3) is 2.05. The summed E-state index contributed by atoms with van der Waals surface area (Å²) in [6.45, 7) is 5.24. The van der Waals surface area contributed by atoms with Crippen LogP contribution in [0.15, 0.2) is 30.5 Å². The Labute approximate surface area is 124 Å². The van der Waals surface area contributed by atoms with Crippen molar-refractivity contribution in [3.05, 3.63) is 36.0 Å². The van der Waals surface area contributed by atoms with Crippen molar-refractivity contribution in [2.24, 2.45) is 11.8 Å². The Morgan fingerprint density at radius 1 is 1.33 bits per heavy atom. The number of benzene rings is 1. The fourth-order valence-electron chi connectivity index (χ4n) is 4.04. The van der Waals surface area contributed by atoms with E-state index in [-0.39, 0.29) is 5.91 Å². The number of fused-ring (bicyclic) bond motifs is 2. The van der Waals surface area contributed by atoms with E-state index in [0.717, 1.165) is 30.7 Å². The Kier molecular flexibility index (Phi) is 3.00. The Bertz CT molecular complexity index is 677. The highest BCUT2D eigenvalue weighted by atomic mass is 16.2. The number of hydrogen-bond acceptors (Lipinski definition) is 2. The van der Waals surface area contributed by atoms with Crippen LogP contribution in [0.2, 0.25) is 0 Å². The van der Waals surface area contributed by atoms with Gasteiger partial charge in [-0.2, -0.15) is 0 Å². The number of carbonyl (C=O) groups excluding carboxylic acids is 1. The van der Waals surface area contributed by atoms with Crippen molar-refractivity contribution in [1.29, 1.82) is 0 Å². The third-order valence-corrected chi connectivity index (χ3v) is 5.27. The van der Waals surface area contributed by atoms with Gasteiger partial charge in [-0.15, -0.1) is 0 Å². The number of aromatic amines is 1. The average molecular weight is 283 g/mol. The molecule has 0 radical (unpaired) electrons. The molecule has 2 aliphatic rings. The van der Waals surface area contributed by atoms with Gasteiger partial charge in [0.2, 0.25) is 5.91 Å². The molecular weight excluding hydrogens is 262 g/mol. The summed E-state index contributed by atoms with van der Waals surface area (Å²) >= 11 is 0. The first kappa shape index (κ1) is 12.9. The first-order chi connectivity index (χ1) is 10.2. The van der Waals surface area contributed by atoms with E-state index in [1.807, 2.05) is 18.3 Å². The first-order valence-corrected chi connectivity index (χ1v) is 7.79. The van der Waals surface area contributed by atoms with Crippen molar-refractivity contribution in [3.63, 3.8) is 0 Å². The van der Waals surface area contributed by atoms with Gasteiger partial charge in [-0.05, 0) is 30.4 Å². The van der Waals surface area contributed by atoms with Crippen LogP contribution in [0.4, 0.5) is 0 Å².